The van der Waals surface area contributed by atoms with E-state index in [1.165, 1.54) is 19.4 Å². The third kappa shape index (κ3) is 2.29. The van der Waals surface area contributed by atoms with Gasteiger partial charge in [-0.05, 0) is 6.92 Å². The summed E-state index contributed by atoms with van der Waals surface area (Å²) in [6.45, 7) is 1.39. The second-order valence-corrected chi connectivity index (χ2v) is 2.50. The molecule has 6 heteroatoms. The van der Waals surface area contributed by atoms with Gasteiger partial charge in [0.1, 0.15) is 11.7 Å². The molecule has 0 radical (unpaired) electrons. The quantitative estimate of drug-likeness (QED) is 0.594. The van der Waals surface area contributed by atoms with Gasteiger partial charge in [-0.25, -0.2) is 4.98 Å². The van der Waals surface area contributed by atoms with Crippen LogP contribution in [0.4, 0.5) is 0 Å². The Kier molecular flexibility index (Phi) is 2.63. The fourth-order valence-corrected chi connectivity index (χ4v) is 0.716. The van der Waals surface area contributed by atoms with Gasteiger partial charge in [0.05, 0.1) is 12.5 Å². The Morgan fingerprint density at radius 3 is 2.85 bits per heavy atom. The Balaban J connectivity index is 2.56. The Labute approximate surface area is 74.0 Å². The number of rotatable bonds is 3. The number of hydrogen-bond donors (Lipinski definition) is 3. The Morgan fingerprint density at radius 2 is 2.38 bits per heavy atom. The highest BCUT2D eigenvalue weighted by Gasteiger charge is 2.15. The average molecular weight is 183 g/mol. The minimum Gasteiger partial charge on any atom is -0.480 e. The van der Waals surface area contributed by atoms with Gasteiger partial charge in [0.15, 0.2) is 0 Å². The lowest BCUT2D eigenvalue weighted by Gasteiger charge is -2.06. The molecular formula is C7H9N3O3. The first-order valence-electron chi connectivity index (χ1n) is 3.63. The zero-order chi connectivity index (χ0) is 9.84. The smallest absolute Gasteiger partial charge is 0.325 e. The van der Waals surface area contributed by atoms with Crippen molar-refractivity contribution >= 4 is 11.9 Å². The Morgan fingerprint density at radius 1 is 1.69 bits per heavy atom. The number of nitrogens with zero attached hydrogens (tertiary/aromatic N) is 1. The molecule has 0 unspecified atom stereocenters. The van der Waals surface area contributed by atoms with E-state index in [4.69, 9.17) is 5.11 Å². The molecule has 0 aliphatic rings. The van der Waals surface area contributed by atoms with Crippen molar-refractivity contribution in [2.75, 3.05) is 0 Å². The van der Waals surface area contributed by atoms with Gasteiger partial charge in [0.25, 0.3) is 5.91 Å². The van der Waals surface area contributed by atoms with Crippen molar-refractivity contribution in [1.82, 2.24) is 15.3 Å². The molecule has 13 heavy (non-hydrogen) atoms. The van der Waals surface area contributed by atoms with Crippen LogP contribution in [0.5, 0.6) is 0 Å². The molecule has 3 N–H and O–H groups in total. The first kappa shape index (κ1) is 9.24. The van der Waals surface area contributed by atoms with Crippen LogP contribution in [-0.4, -0.2) is 33.0 Å². The van der Waals surface area contributed by atoms with E-state index in [0.717, 1.165) is 0 Å². The lowest BCUT2D eigenvalue weighted by molar-refractivity contribution is -0.138. The highest BCUT2D eigenvalue weighted by atomic mass is 16.4. The van der Waals surface area contributed by atoms with Crippen molar-refractivity contribution in [1.29, 1.82) is 0 Å². The van der Waals surface area contributed by atoms with Crippen molar-refractivity contribution in [3.63, 3.8) is 0 Å². The third-order valence-electron chi connectivity index (χ3n) is 1.46. The summed E-state index contributed by atoms with van der Waals surface area (Å²) in [4.78, 5) is 27.7. The largest absolute Gasteiger partial charge is 0.480 e. The number of aromatic amines is 1. The summed E-state index contributed by atoms with van der Waals surface area (Å²) in [6, 6.07) is -0.907. The first-order valence-corrected chi connectivity index (χ1v) is 3.63. The number of hydrogen-bond acceptors (Lipinski definition) is 3. The number of aromatic nitrogens is 2. The number of carboxylic acid groups (broad SMARTS) is 1. The topological polar surface area (TPSA) is 95.1 Å². The van der Waals surface area contributed by atoms with Crippen LogP contribution in [0.3, 0.4) is 0 Å². The van der Waals surface area contributed by atoms with E-state index in [9.17, 15) is 9.59 Å². The van der Waals surface area contributed by atoms with Gasteiger partial charge in [-0.2, -0.15) is 0 Å². The van der Waals surface area contributed by atoms with Crippen LogP contribution in [0.2, 0.25) is 0 Å². The van der Waals surface area contributed by atoms with Gasteiger partial charge in [-0.15, -0.1) is 0 Å². The second kappa shape index (κ2) is 3.70. The van der Waals surface area contributed by atoms with Gasteiger partial charge in [-0.3, -0.25) is 9.59 Å². The zero-order valence-corrected chi connectivity index (χ0v) is 6.94. The molecule has 0 spiro atoms. The molecule has 0 fully saturated rings. The summed E-state index contributed by atoms with van der Waals surface area (Å²) in [7, 11) is 0. The molecule has 1 atom stereocenters. The average Bonchev–Trinajstić information content (AvgIpc) is 2.55. The van der Waals surface area contributed by atoms with Crippen LogP contribution in [0.15, 0.2) is 12.5 Å². The highest BCUT2D eigenvalue weighted by molar-refractivity contribution is 5.94. The van der Waals surface area contributed by atoms with Crippen molar-refractivity contribution in [2.24, 2.45) is 0 Å². The molecule has 70 valence electrons. The number of imidazole rings is 1. The predicted octanol–water partition coefficient (Wildman–Crippen LogP) is -0.387. The summed E-state index contributed by atoms with van der Waals surface area (Å²) >= 11 is 0. The standard InChI is InChI=1S/C7H9N3O3/c1-4(7(12)13)10-6(11)5-2-8-3-9-5/h2-4H,1H3,(H,8,9)(H,10,11)(H,12,13)/t4-/m0/s1. The lowest BCUT2D eigenvalue weighted by atomic mass is 10.3. The third-order valence-corrected chi connectivity index (χ3v) is 1.46. The Bertz CT molecular complexity index is 307. The molecule has 1 aromatic heterocycles. The molecule has 0 saturated carbocycles. The molecule has 1 rings (SSSR count). The van der Waals surface area contributed by atoms with Crippen LogP contribution in [0, 0.1) is 0 Å². The molecule has 0 aromatic carbocycles. The lowest BCUT2D eigenvalue weighted by Crippen LogP contribution is -2.38. The number of carbonyl (C=O) groups is 2. The summed E-state index contributed by atoms with van der Waals surface area (Å²) in [5, 5.41) is 10.8. The fourth-order valence-electron chi connectivity index (χ4n) is 0.716. The van der Waals surface area contributed by atoms with Crippen molar-refractivity contribution in [3.8, 4) is 0 Å². The SMILES string of the molecule is C[C@H](NC(=O)c1cnc[nH]1)C(=O)O. The number of H-pyrrole nitrogens is 1. The van der Waals surface area contributed by atoms with Crippen LogP contribution < -0.4 is 5.32 Å². The van der Waals surface area contributed by atoms with E-state index in [0.29, 0.717) is 0 Å². The van der Waals surface area contributed by atoms with E-state index >= 15 is 0 Å². The Hall–Kier alpha value is -1.85. The normalized spacial score (nSPS) is 12.1. The van der Waals surface area contributed by atoms with E-state index in [1.807, 2.05) is 0 Å². The van der Waals surface area contributed by atoms with Crippen LogP contribution >= 0.6 is 0 Å². The van der Waals surface area contributed by atoms with E-state index in [-0.39, 0.29) is 5.69 Å². The molecule has 1 amide bonds. The molecule has 0 aliphatic carbocycles. The summed E-state index contributed by atoms with van der Waals surface area (Å²) < 4.78 is 0. The molecule has 0 aliphatic heterocycles. The van der Waals surface area contributed by atoms with E-state index < -0.39 is 17.9 Å². The van der Waals surface area contributed by atoms with E-state index in [2.05, 4.69) is 15.3 Å². The van der Waals surface area contributed by atoms with Crippen LogP contribution in [0.25, 0.3) is 0 Å². The number of carboxylic acids is 1. The predicted molar refractivity (Wildman–Crippen MR) is 43.2 cm³/mol. The van der Waals surface area contributed by atoms with Gasteiger partial charge >= 0.3 is 5.97 Å². The first-order chi connectivity index (χ1) is 6.11. The van der Waals surface area contributed by atoms with Crippen molar-refractivity contribution < 1.29 is 14.7 Å². The van der Waals surface area contributed by atoms with Crippen molar-refractivity contribution in [3.05, 3.63) is 18.2 Å². The van der Waals surface area contributed by atoms with Crippen molar-refractivity contribution in [2.45, 2.75) is 13.0 Å². The number of nitrogens with one attached hydrogen (secondary N) is 2. The van der Waals surface area contributed by atoms with Crippen LogP contribution in [0.1, 0.15) is 17.4 Å². The maximum Gasteiger partial charge on any atom is 0.325 e. The molecule has 0 saturated heterocycles. The van der Waals surface area contributed by atoms with Gasteiger partial charge in [0.2, 0.25) is 0 Å². The monoisotopic (exact) mass is 183 g/mol. The summed E-state index contributed by atoms with van der Waals surface area (Å²) in [6.07, 6.45) is 2.67. The fraction of sp³-hybridized carbons (Fsp3) is 0.286. The maximum atomic E-state index is 11.2. The maximum absolute atomic E-state index is 11.2. The molecule has 0 bridgehead atoms. The van der Waals surface area contributed by atoms with Crippen LogP contribution in [-0.2, 0) is 4.79 Å². The minimum atomic E-state index is -1.08. The van der Waals surface area contributed by atoms with Gasteiger partial charge < -0.3 is 15.4 Å². The number of carbonyl (C=O) groups excluding carboxylic acids is 1. The molecule has 1 aromatic rings. The van der Waals surface area contributed by atoms with Gasteiger partial charge in [0, 0.05) is 0 Å². The molecule has 6 nitrogen and oxygen atoms in total. The molecular weight excluding hydrogens is 174 g/mol. The minimum absolute atomic E-state index is 0.244. The summed E-state index contributed by atoms with van der Waals surface area (Å²) in [5.74, 6) is -1.56. The number of aliphatic carboxylic acids is 1. The van der Waals surface area contributed by atoms with Gasteiger partial charge in [-0.1, -0.05) is 0 Å². The number of amides is 1. The molecule has 1 heterocycles. The van der Waals surface area contributed by atoms with E-state index in [1.54, 1.807) is 0 Å². The second-order valence-electron chi connectivity index (χ2n) is 2.50. The summed E-state index contributed by atoms with van der Waals surface area (Å²) in [5.41, 5.74) is 0.244. The zero-order valence-electron chi connectivity index (χ0n) is 6.94. The highest BCUT2D eigenvalue weighted by Crippen LogP contribution is 1.92.